The van der Waals surface area contributed by atoms with Crippen LogP contribution in [0.3, 0.4) is 0 Å². The molecule has 2 aliphatic rings. The van der Waals surface area contributed by atoms with Crippen LogP contribution in [0.4, 0.5) is 4.39 Å². The van der Waals surface area contributed by atoms with E-state index in [0.29, 0.717) is 55.6 Å². The summed E-state index contributed by atoms with van der Waals surface area (Å²) in [6.45, 7) is 10.7. The Hall–Kier alpha value is -3.23. The zero-order valence-electron chi connectivity index (χ0n) is 21.7. The predicted octanol–water partition coefficient (Wildman–Crippen LogP) is 4.31. The summed E-state index contributed by atoms with van der Waals surface area (Å²) in [7, 11) is 0. The van der Waals surface area contributed by atoms with Gasteiger partial charge in [0.25, 0.3) is 11.7 Å². The number of aryl methyl sites for hydroxylation is 1. The number of amides is 1. The van der Waals surface area contributed by atoms with Crippen LogP contribution in [0.5, 0.6) is 5.75 Å². The van der Waals surface area contributed by atoms with Gasteiger partial charge in [0, 0.05) is 31.7 Å². The first-order valence-corrected chi connectivity index (χ1v) is 12.8. The van der Waals surface area contributed by atoms with E-state index in [1.54, 1.807) is 30.3 Å². The van der Waals surface area contributed by atoms with Gasteiger partial charge in [0.1, 0.15) is 17.3 Å². The fraction of sp³-hybridized carbons (Fsp3) is 0.448. The average molecular weight is 511 g/mol. The van der Waals surface area contributed by atoms with E-state index in [1.807, 2.05) is 6.92 Å². The molecule has 0 saturated carbocycles. The van der Waals surface area contributed by atoms with Crippen molar-refractivity contribution in [1.82, 2.24) is 9.80 Å². The molecule has 0 aliphatic carbocycles. The molecule has 0 aromatic heterocycles. The highest BCUT2D eigenvalue weighted by Crippen LogP contribution is 2.40. The third-order valence-electron chi connectivity index (χ3n) is 6.72. The Labute approximate surface area is 217 Å². The first-order chi connectivity index (χ1) is 17.8. The van der Waals surface area contributed by atoms with Crippen LogP contribution in [0, 0.1) is 18.7 Å². The van der Waals surface area contributed by atoms with E-state index in [0.717, 1.165) is 25.2 Å². The lowest BCUT2D eigenvalue weighted by Gasteiger charge is -2.29. The smallest absolute Gasteiger partial charge is 0.295 e. The van der Waals surface area contributed by atoms with Crippen LogP contribution in [-0.2, 0) is 14.3 Å². The second kappa shape index (κ2) is 11.9. The molecule has 2 aromatic carbocycles. The molecule has 2 aromatic rings. The molecule has 0 radical (unpaired) electrons. The van der Waals surface area contributed by atoms with E-state index in [9.17, 15) is 19.1 Å². The number of rotatable bonds is 9. The van der Waals surface area contributed by atoms with Gasteiger partial charge in [-0.1, -0.05) is 26.0 Å². The third-order valence-corrected chi connectivity index (χ3v) is 6.72. The number of hydrogen-bond acceptors (Lipinski definition) is 6. The van der Waals surface area contributed by atoms with Crippen LogP contribution in [0.25, 0.3) is 5.76 Å². The highest BCUT2D eigenvalue weighted by molar-refractivity contribution is 6.46. The number of aliphatic hydroxyl groups excluding tert-OH is 1. The maximum Gasteiger partial charge on any atom is 0.295 e. The van der Waals surface area contributed by atoms with Gasteiger partial charge in [-0.2, -0.15) is 0 Å². The van der Waals surface area contributed by atoms with Gasteiger partial charge in [0.2, 0.25) is 0 Å². The molecule has 8 heteroatoms. The number of benzene rings is 2. The molecule has 1 atom stereocenters. The minimum atomic E-state index is -0.803. The second-order valence-corrected chi connectivity index (χ2v) is 10.0. The van der Waals surface area contributed by atoms with Crippen LogP contribution in [0.15, 0.2) is 48.0 Å². The number of ether oxygens (including phenoxy) is 2. The number of Topliss-reactive ketones (excluding diaryl/α,β-unsaturated/α-hetero) is 1. The molecule has 7 nitrogen and oxygen atoms in total. The van der Waals surface area contributed by atoms with E-state index in [4.69, 9.17) is 9.47 Å². The number of nitrogens with zero attached hydrogens (tertiary/aromatic N) is 2. The van der Waals surface area contributed by atoms with E-state index < -0.39 is 23.5 Å². The Kier molecular flexibility index (Phi) is 8.61. The minimum absolute atomic E-state index is 0.0122. The summed E-state index contributed by atoms with van der Waals surface area (Å²) in [6.07, 6.45) is 0.658. The van der Waals surface area contributed by atoms with Crippen molar-refractivity contribution in [2.45, 2.75) is 33.2 Å². The van der Waals surface area contributed by atoms with Crippen LogP contribution in [0.1, 0.15) is 43.0 Å². The topological polar surface area (TPSA) is 79.3 Å². The lowest BCUT2D eigenvalue weighted by Crippen LogP contribution is -2.38. The highest BCUT2D eigenvalue weighted by Gasteiger charge is 2.45. The van der Waals surface area contributed by atoms with Crippen LogP contribution < -0.4 is 4.74 Å². The van der Waals surface area contributed by atoms with Crippen molar-refractivity contribution < 1.29 is 28.6 Å². The average Bonchev–Trinajstić information content (AvgIpc) is 3.13. The van der Waals surface area contributed by atoms with Crippen molar-refractivity contribution in [3.8, 4) is 5.75 Å². The molecule has 0 bridgehead atoms. The molecule has 37 heavy (non-hydrogen) atoms. The van der Waals surface area contributed by atoms with E-state index in [2.05, 4.69) is 18.7 Å². The molecule has 2 fully saturated rings. The zero-order valence-corrected chi connectivity index (χ0v) is 21.7. The quantitative estimate of drug-likeness (QED) is 0.308. The van der Waals surface area contributed by atoms with E-state index >= 15 is 0 Å². The van der Waals surface area contributed by atoms with Crippen LogP contribution in [-0.4, -0.2) is 72.6 Å². The predicted molar refractivity (Wildman–Crippen MR) is 139 cm³/mol. The number of likely N-dealkylation sites (tertiary alicyclic amines) is 1. The van der Waals surface area contributed by atoms with Crippen LogP contribution in [0.2, 0.25) is 0 Å². The third kappa shape index (κ3) is 6.19. The Bertz CT molecular complexity index is 1160. The molecule has 1 unspecified atom stereocenters. The molecule has 198 valence electrons. The molecule has 2 heterocycles. The van der Waals surface area contributed by atoms with Gasteiger partial charge in [-0.05, 0) is 60.7 Å². The molecule has 1 N–H and O–H groups in total. The van der Waals surface area contributed by atoms with E-state index in [-0.39, 0.29) is 11.3 Å². The SMILES string of the molecule is Cc1cc(/C(O)=C2/C(=O)C(=O)N(CCCN3CCOCC3)C2c2ccc(F)cc2)ccc1OCC(C)C. The van der Waals surface area contributed by atoms with Gasteiger partial charge in [0.05, 0.1) is 31.4 Å². The lowest BCUT2D eigenvalue weighted by atomic mass is 9.94. The monoisotopic (exact) mass is 510 g/mol. The summed E-state index contributed by atoms with van der Waals surface area (Å²) in [5.41, 5.74) is 1.82. The number of ketones is 1. The number of aliphatic hydroxyl groups is 1. The van der Waals surface area contributed by atoms with Gasteiger partial charge in [-0.25, -0.2) is 4.39 Å². The maximum atomic E-state index is 13.7. The van der Waals surface area contributed by atoms with Crippen molar-refractivity contribution in [1.29, 1.82) is 0 Å². The van der Waals surface area contributed by atoms with Gasteiger partial charge < -0.3 is 19.5 Å². The zero-order chi connectivity index (χ0) is 26.5. The fourth-order valence-electron chi connectivity index (χ4n) is 4.76. The number of hydrogen-bond donors (Lipinski definition) is 1. The fourth-order valence-corrected chi connectivity index (χ4v) is 4.76. The van der Waals surface area contributed by atoms with Gasteiger partial charge in [-0.15, -0.1) is 0 Å². The van der Waals surface area contributed by atoms with E-state index in [1.165, 1.54) is 17.0 Å². The number of halogens is 1. The number of carbonyl (C=O) groups excluding carboxylic acids is 2. The standard InChI is InChI=1S/C29H35FN2O5/c1-19(2)18-37-24-10-7-22(17-20(24)3)27(33)25-26(21-5-8-23(30)9-6-21)32(29(35)28(25)34)12-4-11-31-13-15-36-16-14-31/h5-10,17,19,26,33H,4,11-16,18H2,1-3H3/b27-25-. The molecular formula is C29H35FN2O5. The van der Waals surface area contributed by atoms with Gasteiger partial charge in [0.15, 0.2) is 0 Å². The molecule has 0 spiro atoms. The normalized spacial score (nSPS) is 20.1. The number of carbonyl (C=O) groups is 2. The second-order valence-electron chi connectivity index (χ2n) is 10.0. The number of morpholine rings is 1. The minimum Gasteiger partial charge on any atom is -0.507 e. The summed E-state index contributed by atoms with van der Waals surface area (Å²) in [5, 5.41) is 11.3. The summed E-state index contributed by atoms with van der Waals surface area (Å²) in [5.74, 6) is -1.00. The van der Waals surface area contributed by atoms with Crippen molar-refractivity contribution in [2.24, 2.45) is 5.92 Å². The Balaban J connectivity index is 1.65. The Morgan fingerprint density at radius 2 is 1.81 bits per heavy atom. The highest BCUT2D eigenvalue weighted by atomic mass is 19.1. The largest absolute Gasteiger partial charge is 0.507 e. The summed E-state index contributed by atoms with van der Waals surface area (Å²) in [6, 6.07) is 10.1. The molecule has 2 saturated heterocycles. The van der Waals surface area contributed by atoms with Gasteiger partial charge >= 0.3 is 0 Å². The van der Waals surface area contributed by atoms with Crippen LogP contribution >= 0.6 is 0 Å². The summed E-state index contributed by atoms with van der Waals surface area (Å²) < 4.78 is 24.9. The molecule has 2 aliphatic heterocycles. The van der Waals surface area contributed by atoms with Crippen molar-refractivity contribution in [3.05, 3.63) is 70.5 Å². The first-order valence-electron chi connectivity index (χ1n) is 12.8. The van der Waals surface area contributed by atoms with Gasteiger partial charge in [-0.3, -0.25) is 14.5 Å². The summed E-state index contributed by atoms with van der Waals surface area (Å²) >= 11 is 0. The summed E-state index contributed by atoms with van der Waals surface area (Å²) in [4.78, 5) is 30.2. The molecular weight excluding hydrogens is 475 g/mol. The van der Waals surface area contributed by atoms with Crippen molar-refractivity contribution >= 4 is 17.4 Å². The Morgan fingerprint density at radius 3 is 2.46 bits per heavy atom. The lowest BCUT2D eigenvalue weighted by molar-refractivity contribution is -0.140. The molecule has 1 amide bonds. The Morgan fingerprint density at radius 1 is 1.11 bits per heavy atom. The first kappa shape index (κ1) is 26.8. The van der Waals surface area contributed by atoms with Crippen molar-refractivity contribution in [3.63, 3.8) is 0 Å². The maximum absolute atomic E-state index is 13.7. The molecule has 4 rings (SSSR count). The van der Waals surface area contributed by atoms with Crippen molar-refractivity contribution in [2.75, 3.05) is 46.0 Å².